The number of nitrogens with one attached hydrogen (secondary N) is 2. The largest absolute Gasteiger partial charge is 0.403 e. The lowest BCUT2D eigenvalue weighted by Gasteiger charge is -2.22. The van der Waals surface area contributed by atoms with Gasteiger partial charge in [0.1, 0.15) is 6.23 Å². The highest BCUT2D eigenvalue weighted by molar-refractivity contribution is 4.89. The van der Waals surface area contributed by atoms with Crippen molar-refractivity contribution in [3.8, 4) is 0 Å². The monoisotopic (exact) mass is 171 g/mol. The second-order valence-corrected chi connectivity index (χ2v) is 3.33. The lowest BCUT2D eigenvalue weighted by molar-refractivity contribution is -0.0151. The molecule has 1 heterocycles. The van der Waals surface area contributed by atoms with Crippen molar-refractivity contribution in [3.63, 3.8) is 0 Å². The van der Waals surface area contributed by atoms with Gasteiger partial charge in [-0.1, -0.05) is 0 Å². The number of rotatable bonds is 3. The molecule has 70 valence electrons. The number of hydrogen-bond acceptors (Lipinski definition) is 4. The summed E-state index contributed by atoms with van der Waals surface area (Å²) in [5.74, 6) is 0. The van der Waals surface area contributed by atoms with Gasteiger partial charge in [-0.2, -0.15) is 0 Å². The molecule has 0 saturated carbocycles. The zero-order chi connectivity index (χ0) is 9.03. The van der Waals surface area contributed by atoms with Gasteiger partial charge in [0.15, 0.2) is 0 Å². The molecule has 1 aliphatic heterocycles. The van der Waals surface area contributed by atoms with Crippen LogP contribution in [0, 0.1) is 0 Å². The Morgan fingerprint density at radius 2 is 2.58 bits per heavy atom. The molecular formula is C8H17N3O. The van der Waals surface area contributed by atoms with Crippen molar-refractivity contribution in [3.05, 3.63) is 12.4 Å². The Hall–Kier alpha value is -0.740. The van der Waals surface area contributed by atoms with Crippen LogP contribution < -0.4 is 16.4 Å². The molecule has 1 saturated heterocycles. The van der Waals surface area contributed by atoms with Crippen LogP contribution in [0.3, 0.4) is 0 Å². The molecule has 0 amide bonds. The van der Waals surface area contributed by atoms with Crippen LogP contribution in [-0.2, 0) is 4.74 Å². The summed E-state index contributed by atoms with van der Waals surface area (Å²) in [4.78, 5) is 0. The third-order valence-electron chi connectivity index (χ3n) is 1.91. The summed E-state index contributed by atoms with van der Waals surface area (Å²) in [6.45, 7) is 5.72. The first-order valence-corrected chi connectivity index (χ1v) is 4.18. The molecule has 1 aliphatic rings. The van der Waals surface area contributed by atoms with Crippen molar-refractivity contribution in [2.45, 2.75) is 25.7 Å². The lowest BCUT2D eigenvalue weighted by atomic mass is 10.1. The van der Waals surface area contributed by atoms with Gasteiger partial charge < -0.3 is 15.8 Å². The van der Waals surface area contributed by atoms with Crippen LogP contribution in [0.25, 0.3) is 0 Å². The van der Waals surface area contributed by atoms with E-state index in [9.17, 15) is 0 Å². The maximum atomic E-state index is 5.65. The second kappa shape index (κ2) is 3.78. The van der Waals surface area contributed by atoms with E-state index >= 15 is 0 Å². The fourth-order valence-electron chi connectivity index (χ4n) is 1.32. The van der Waals surface area contributed by atoms with Gasteiger partial charge in [0.25, 0.3) is 0 Å². The lowest BCUT2D eigenvalue weighted by Crippen LogP contribution is -2.39. The van der Waals surface area contributed by atoms with Gasteiger partial charge in [0.05, 0.1) is 5.60 Å². The Kier molecular flexibility index (Phi) is 2.94. The average molecular weight is 171 g/mol. The van der Waals surface area contributed by atoms with Gasteiger partial charge in [-0.3, -0.25) is 5.32 Å². The van der Waals surface area contributed by atoms with Gasteiger partial charge >= 0.3 is 0 Å². The van der Waals surface area contributed by atoms with Crippen molar-refractivity contribution in [2.24, 2.45) is 5.73 Å². The van der Waals surface area contributed by atoms with Gasteiger partial charge in [-0.15, -0.1) is 0 Å². The topological polar surface area (TPSA) is 59.3 Å². The van der Waals surface area contributed by atoms with E-state index < -0.39 is 0 Å². The van der Waals surface area contributed by atoms with Gasteiger partial charge in [-0.05, 0) is 13.8 Å². The van der Waals surface area contributed by atoms with Crippen LogP contribution in [0.2, 0.25) is 0 Å². The number of hydrogen-bond donors (Lipinski definition) is 3. The maximum absolute atomic E-state index is 5.65. The zero-order valence-electron chi connectivity index (χ0n) is 7.63. The molecule has 0 aliphatic carbocycles. The SMILES string of the molecule is CC1NCC(C)(CNC=CN)O1. The van der Waals surface area contributed by atoms with Gasteiger partial charge in [0.2, 0.25) is 0 Å². The molecule has 0 spiro atoms. The summed E-state index contributed by atoms with van der Waals surface area (Å²) in [6, 6.07) is 0. The quantitative estimate of drug-likeness (QED) is 0.547. The third-order valence-corrected chi connectivity index (χ3v) is 1.91. The van der Waals surface area contributed by atoms with Gasteiger partial charge in [-0.25, -0.2) is 0 Å². The van der Waals surface area contributed by atoms with Crippen LogP contribution in [0.1, 0.15) is 13.8 Å². The first kappa shape index (κ1) is 9.35. The Labute approximate surface area is 73.2 Å². The van der Waals surface area contributed by atoms with E-state index in [1.54, 1.807) is 6.20 Å². The molecule has 4 nitrogen and oxygen atoms in total. The Balaban J connectivity index is 2.30. The van der Waals surface area contributed by atoms with Crippen molar-refractivity contribution in [2.75, 3.05) is 13.1 Å². The Bertz CT molecular complexity index is 172. The van der Waals surface area contributed by atoms with Crippen molar-refractivity contribution in [1.29, 1.82) is 0 Å². The zero-order valence-corrected chi connectivity index (χ0v) is 7.63. The highest BCUT2D eigenvalue weighted by Crippen LogP contribution is 2.16. The van der Waals surface area contributed by atoms with Crippen LogP contribution in [0.5, 0.6) is 0 Å². The summed E-state index contributed by atoms with van der Waals surface area (Å²) in [6.07, 6.45) is 3.35. The normalized spacial score (nSPS) is 36.0. The minimum Gasteiger partial charge on any atom is -0.403 e. The minimum atomic E-state index is -0.112. The maximum Gasteiger partial charge on any atom is 0.106 e. The third kappa shape index (κ3) is 2.39. The summed E-state index contributed by atoms with van der Waals surface area (Å²) in [5.41, 5.74) is 5.07. The van der Waals surface area contributed by atoms with Crippen LogP contribution in [-0.4, -0.2) is 24.9 Å². The molecule has 0 aromatic carbocycles. The van der Waals surface area contributed by atoms with Crippen molar-refractivity contribution >= 4 is 0 Å². The van der Waals surface area contributed by atoms with Crippen LogP contribution >= 0.6 is 0 Å². The second-order valence-electron chi connectivity index (χ2n) is 3.33. The Morgan fingerprint density at radius 1 is 1.83 bits per heavy atom. The smallest absolute Gasteiger partial charge is 0.106 e. The van der Waals surface area contributed by atoms with E-state index in [4.69, 9.17) is 10.5 Å². The predicted octanol–water partition coefficient (Wildman–Crippen LogP) is -0.270. The summed E-state index contributed by atoms with van der Waals surface area (Å²) < 4.78 is 5.65. The molecule has 1 rings (SSSR count). The highest BCUT2D eigenvalue weighted by atomic mass is 16.5. The van der Waals surface area contributed by atoms with E-state index in [-0.39, 0.29) is 11.8 Å². The van der Waals surface area contributed by atoms with Crippen molar-refractivity contribution in [1.82, 2.24) is 10.6 Å². The highest BCUT2D eigenvalue weighted by Gasteiger charge is 2.32. The van der Waals surface area contributed by atoms with E-state index in [2.05, 4.69) is 17.6 Å². The molecule has 0 radical (unpaired) electrons. The van der Waals surface area contributed by atoms with Crippen molar-refractivity contribution < 1.29 is 4.74 Å². The van der Waals surface area contributed by atoms with Gasteiger partial charge in [0, 0.05) is 25.5 Å². The fraction of sp³-hybridized carbons (Fsp3) is 0.750. The van der Waals surface area contributed by atoms with Crippen LogP contribution in [0.15, 0.2) is 12.4 Å². The average Bonchev–Trinajstić information content (AvgIpc) is 2.32. The fourth-order valence-corrected chi connectivity index (χ4v) is 1.32. The van der Waals surface area contributed by atoms with E-state index in [0.717, 1.165) is 13.1 Å². The number of ether oxygens (including phenoxy) is 1. The summed E-state index contributed by atoms with van der Waals surface area (Å²) >= 11 is 0. The first-order chi connectivity index (χ1) is 5.66. The predicted molar refractivity (Wildman–Crippen MR) is 48.3 cm³/mol. The summed E-state index contributed by atoms with van der Waals surface area (Å²) in [5, 5.41) is 6.29. The summed E-state index contributed by atoms with van der Waals surface area (Å²) in [7, 11) is 0. The number of nitrogens with two attached hydrogens (primary N) is 1. The molecule has 4 heteroatoms. The molecule has 12 heavy (non-hydrogen) atoms. The first-order valence-electron chi connectivity index (χ1n) is 4.18. The van der Waals surface area contributed by atoms with Crippen LogP contribution in [0.4, 0.5) is 0 Å². The van der Waals surface area contributed by atoms with E-state index in [1.807, 2.05) is 6.92 Å². The standard InChI is InChI=1S/C8H17N3O/c1-7-11-6-8(2,12-7)5-10-4-3-9/h3-4,7,10-11H,5-6,9H2,1-2H3. The Morgan fingerprint density at radius 3 is 3.08 bits per heavy atom. The van der Waals surface area contributed by atoms with E-state index in [1.165, 1.54) is 6.20 Å². The molecule has 2 unspecified atom stereocenters. The van der Waals surface area contributed by atoms with E-state index in [0.29, 0.717) is 0 Å². The molecule has 2 atom stereocenters. The minimum absolute atomic E-state index is 0.112. The molecule has 4 N–H and O–H groups in total. The molecule has 0 aromatic rings. The molecule has 0 aromatic heterocycles. The molecule has 1 fully saturated rings. The molecule has 0 bridgehead atoms. The molecular weight excluding hydrogens is 154 g/mol.